The lowest BCUT2D eigenvalue weighted by atomic mass is 10.1. The first-order valence-corrected chi connectivity index (χ1v) is 7.86. The Morgan fingerprint density at radius 3 is 2.79 bits per heavy atom. The minimum absolute atomic E-state index is 0.0900. The average molecular weight is 284 g/mol. The van der Waals surface area contributed by atoms with Gasteiger partial charge in [0.25, 0.3) is 0 Å². The summed E-state index contributed by atoms with van der Waals surface area (Å²) in [5.74, 6) is 0. The number of ether oxygens (including phenoxy) is 1. The lowest BCUT2D eigenvalue weighted by Crippen LogP contribution is -2.39. The summed E-state index contributed by atoms with van der Waals surface area (Å²) in [7, 11) is -3.53. The highest BCUT2D eigenvalue weighted by Gasteiger charge is 2.29. The van der Waals surface area contributed by atoms with Gasteiger partial charge in [-0.05, 0) is 37.5 Å². The molecular formula is C13H20N2O3S. The maximum atomic E-state index is 12.4. The fraction of sp³-hybridized carbons (Fsp3) is 0.538. The van der Waals surface area contributed by atoms with Crippen molar-refractivity contribution in [1.82, 2.24) is 4.72 Å². The van der Waals surface area contributed by atoms with Gasteiger partial charge in [-0.15, -0.1) is 0 Å². The Kier molecular flexibility index (Phi) is 4.25. The topological polar surface area (TPSA) is 81.4 Å². The van der Waals surface area contributed by atoms with Gasteiger partial charge in [-0.1, -0.05) is 12.1 Å². The van der Waals surface area contributed by atoms with E-state index in [1.165, 1.54) is 0 Å². The number of hydrogen-bond donors (Lipinski definition) is 2. The van der Waals surface area contributed by atoms with Crippen LogP contribution in [0.25, 0.3) is 0 Å². The first-order valence-electron chi connectivity index (χ1n) is 6.37. The molecule has 1 fully saturated rings. The Hall–Kier alpha value is -0.950. The molecule has 1 aliphatic heterocycles. The van der Waals surface area contributed by atoms with Gasteiger partial charge in [0.15, 0.2) is 0 Å². The van der Waals surface area contributed by atoms with E-state index in [2.05, 4.69) is 4.72 Å². The normalized spacial score (nSPS) is 23.7. The molecule has 3 N–H and O–H groups in total. The highest BCUT2D eigenvalue weighted by molar-refractivity contribution is 7.89. The third-order valence-corrected chi connectivity index (χ3v) is 5.09. The zero-order valence-corrected chi connectivity index (χ0v) is 12.0. The number of benzene rings is 1. The van der Waals surface area contributed by atoms with E-state index in [1.807, 2.05) is 13.0 Å². The van der Waals surface area contributed by atoms with Crippen LogP contribution >= 0.6 is 0 Å². The van der Waals surface area contributed by atoms with E-state index in [4.69, 9.17) is 10.5 Å². The van der Waals surface area contributed by atoms with E-state index in [0.717, 1.165) is 11.1 Å². The molecule has 0 saturated carbocycles. The number of nitrogens with one attached hydrogen (secondary N) is 1. The second-order valence-corrected chi connectivity index (χ2v) is 6.58. The first kappa shape index (κ1) is 14.5. The molecule has 1 aliphatic rings. The van der Waals surface area contributed by atoms with Gasteiger partial charge in [-0.3, -0.25) is 0 Å². The summed E-state index contributed by atoms with van der Waals surface area (Å²) in [4.78, 5) is 0.301. The molecule has 1 heterocycles. The van der Waals surface area contributed by atoms with Crippen LogP contribution in [-0.4, -0.2) is 27.2 Å². The molecule has 5 nitrogen and oxygen atoms in total. The molecule has 2 rings (SSSR count). The molecule has 1 aromatic rings. The van der Waals surface area contributed by atoms with E-state index in [9.17, 15) is 8.42 Å². The maximum absolute atomic E-state index is 12.4. The quantitative estimate of drug-likeness (QED) is 0.861. The third kappa shape index (κ3) is 3.14. The smallest absolute Gasteiger partial charge is 0.241 e. The molecule has 6 heteroatoms. The Bertz CT molecular complexity index is 557. The summed E-state index contributed by atoms with van der Waals surface area (Å²) in [6.07, 6.45) is 0.614. The molecule has 0 aromatic heterocycles. The fourth-order valence-corrected chi connectivity index (χ4v) is 3.84. The molecule has 106 valence electrons. The predicted octanol–water partition coefficient (Wildman–Crippen LogP) is 0.909. The standard InChI is InChI=1S/C13H20N2O3S/c1-9-3-4-11(8-14)7-13(9)19(16,17)15-12-5-6-18-10(12)2/h3-4,7,10,12,15H,5-6,8,14H2,1-2H3. The minimum Gasteiger partial charge on any atom is -0.377 e. The summed E-state index contributed by atoms with van der Waals surface area (Å²) in [6, 6.07) is 5.10. The summed E-state index contributed by atoms with van der Waals surface area (Å²) in [5, 5.41) is 0. The van der Waals surface area contributed by atoms with Crippen molar-refractivity contribution in [3.63, 3.8) is 0 Å². The summed E-state index contributed by atoms with van der Waals surface area (Å²) in [5.41, 5.74) is 7.09. The van der Waals surface area contributed by atoms with Crippen molar-refractivity contribution in [2.24, 2.45) is 5.73 Å². The summed E-state index contributed by atoms with van der Waals surface area (Å²) in [6.45, 7) is 4.58. The Balaban J connectivity index is 2.28. The summed E-state index contributed by atoms with van der Waals surface area (Å²) >= 11 is 0. The third-order valence-electron chi connectivity index (χ3n) is 3.46. The van der Waals surface area contributed by atoms with Crippen LogP contribution in [-0.2, 0) is 21.3 Å². The van der Waals surface area contributed by atoms with Crippen molar-refractivity contribution in [1.29, 1.82) is 0 Å². The highest BCUT2D eigenvalue weighted by atomic mass is 32.2. The van der Waals surface area contributed by atoms with Crippen molar-refractivity contribution >= 4 is 10.0 Å². The van der Waals surface area contributed by atoms with Gasteiger partial charge in [0.05, 0.1) is 17.0 Å². The lowest BCUT2D eigenvalue weighted by molar-refractivity contribution is 0.117. The zero-order chi connectivity index (χ0) is 14.0. The first-order chi connectivity index (χ1) is 8.94. The van der Waals surface area contributed by atoms with Crippen LogP contribution in [0.5, 0.6) is 0 Å². The van der Waals surface area contributed by atoms with Gasteiger partial charge in [0, 0.05) is 13.2 Å². The molecule has 1 saturated heterocycles. The van der Waals surface area contributed by atoms with E-state index in [-0.39, 0.29) is 12.1 Å². The Labute approximate surface area is 114 Å². The minimum atomic E-state index is -3.53. The lowest BCUT2D eigenvalue weighted by Gasteiger charge is -2.17. The average Bonchev–Trinajstić information content (AvgIpc) is 2.75. The molecule has 1 aromatic carbocycles. The maximum Gasteiger partial charge on any atom is 0.241 e. The van der Waals surface area contributed by atoms with Crippen LogP contribution in [0.1, 0.15) is 24.5 Å². The van der Waals surface area contributed by atoms with Crippen LogP contribution in [0.15, 0.2) is 23.1 Å². The van der Waals surface area contributed by atoms with Crippen molar-refractivity contribution < 1.29 is 13.2 Å². The molecule has 0 aliphatic carbocycles. The molecule has 19 heavy (non-hydrogen) atoms. The Morgan fingerprint density at radius 1 is 1.47 bits per heavy atom. The zero-order valence-electron chi connectivity index (χ0n) is 11.2. The second-order valence-electron chi connectivity index (χ2n) is 4.90. The van der Waals surface area contributed by atoms with E-state index < -0.39 is 10.0 Å². The van der Waals surface area contributed by atoms with Crippen LogP contribution in [0.3, 0.4) is 0 Å². The molecule has 0 spiro atoms. The number of aryl methyl sites for hydroxylation is 1. The van der Waals surface area contributed by atoms with Crippen molar-refractivity contribution in [3.05, 3.63) is 29.3 Å². The predicted molar refractivity (Wildman–Crippen MR) is 73.2 cm³/mol. The van der Waals surface area contributed by atoms with Crippen LogP contribution in [0, 0.1) is 6.92 Å². The molecule has 2 unspecified atom stereocenters. The van der Waals surface area contributed by atoms with Crippen LogP contribution in [0.2, 0.25) is 0 Å². The van der Waals surface area contributed by atoms with Crippen molar-refractivity contribution in [2.75, 3.05) is 6.61 Å². The van der Waals surface area contributed by atoms with Crippen molar-refractivity contribution in [2.45, 2.75) is 43.9 Å². The van der Waals surface area contributed by atoms with E-state index in [1.54, 1.807) is 19.1 Å². The van der Waals surface area contributed by atoms with Crippen molar-refractivity contribution in [3.8, 4) is 0 Å². The fourth-order valence-electron chi connectivity index (χ4n) is 2.21. The Morgan fingerprint density at radius 2 is 2.21 bits per heavy atom. The summed E-state index contributed by atoms with van der Waals surface area (Å²) < 4.78 is 32.9. The molecule has 2 atom stereocenters. The largest absolute Gasteiger partial charge is 0.377 e. The van der Waals surface area contributed by atoms with Gasteiger partial charge in [-0.2, -0.15) is 0 Å². The van der Waals surface area contributed by atoms with Crippen LogP contribution in [0.4, 0.5) is 0 Å². The van der Waals surface area contributed by atoms with Gasteiger partial charge < -0.3 is 10.5 Å². The highest BCUT2D eigenvalue weighted by Crippen LogP contribution is 2.20. The van der Waals surface area contributed by atoms with Gasteiger partial charge >= 0.3 is 0 Å². The molecular weight excluding hydrogens is 264 g/mol. The van der Waals surface area contributed by atoms with E-state index >= 15 is 0 Å². The van der Waals surface area contributed by atoms with Gasteiger partial charge in [0.1, 0.15) is 0 Å². The number of nitrogens with two attached hydrogens (primary N) is 1. The SMILES string of the molecule is Cc1ccc(CN)cc1S(=O)(=O)NC1CCOC1C. The second kappa shape index (κ2) is 5.58. The van der Waals surface area contributed by atoms with E-state index in [0.29, 0.717) is 24.5 Å². The number of hydrogen-bond acceptors (Lipinski definition) is 4. The van der Waals surface area contributed by atoms with Gasteiger partial charge in [0.2, 0.25) is 10.0 Å². The number of sulfonamides is 1. The molecule has 0 bridgehead atoms. The number of rotatable bonds is 4. The molecule has 0 amide bonds. The molecule has 0 radical (unpaired) electrons. The van der Waals surface area contributed by atoms with Crippen LogP contribution < -0.4 is 10.5 Å². The van der Waals surface area contributed by atoms with Gasteiger partial charge in [-0.25, -0.2) is 13.1 Å². The monoisotopic (exact) mass is 284 g/mol.